The summed E-state index contributed by atoms with van der Waals surface area (Å²) in [6.45, 7) is 2.37. The SMILES string of the molecule is Cc1sc(C(CN)CC(=O)O)cc1Br. The Balaban J connectivity index is 2.83. The van der Waals surface area contributed by atoms with Gasteiger partial charge in [-0.25, -0.2) is 0 Å². The van der Waals surface area contributed by atoms with Gasteiger partial charge in [-0.2, -0.15) is 0 Å². The summed E-state index contributed by atoms with van der Waals surface area (Å²) in [6, 6.07) is 1.96. The van der Waals surface area contributed by atoms with Crippen molar-refractivity contribution in [3.8, 4) is 0 Å². The number of rotatable bonds is 4. The molecule has 0 saturated carbocycles. The van der Waals surface area contributed by atoms with Crippen LogP contribution in [-0.4, -0.2) is 17.6 Å². The van der Waals surface area contributed by atoms with E-state index in [4.69, 9.17) is 10.8 Å². The monoisotopic (exact) mass is 277 g/mol. The molecule has 0 radical (unpaired) electrons. The van der Waals surface area contributed by atoms with Gasteiger partial charge in [-0.3, -0.25) is 4.79 Å². The first-order valence-corrected chi connectivity index (χ1v) is 5.83. The summed E-state index contributed by atoms with van der Waals surface area (Å²) in [6.07, 6.45) is 0.100. The Morgan fingerprint density at radius 3 is 2.79 bits per heavy atom. The molecule has 0 saturated heterocycles. The highest BCUT2D eigenvalue weighted by atomic mass is 79.9. The van der Waals surface area contributed by atoms with Gasteiger partial charge in [-0.1, -0.05) is 0 Å². The van der Waals surface area contributed by atoms with Crippen LogP contribution in [0.1, 0.15) is 22.1 Å². The highest BCUT2D eigenvalue weighted by Crippen LogP contribution is 2.32. The maximum Gasteiger partial charge on any atom is 0.304 e. The van der Waals surface area contributed by atoms with Crippen molar-refractivity contribution in [2.75, 3.05) is 6.54 Å². The number of carbonyl (C=O) groups is 1. The molecule has 1 unspecified atom stereocenters. The summed E-state index contributed by atoms with van der Waals surface area (Å²) < 4.78 is 1.03. The van der Waals surface area contributed by atoms with E-state index in [0.29, 0.717) is 6.54 Å². The molecule has 3 N–H and O–H groups in total. The lowest BCUT2D eigenvalue weighted by atomic mass is 10.0. The number of hydrogen-bond acceptors (Lipinski definition) is 3. The molecule has 0 spiro atoms. The van der Waals surface area contributed by atoms with Gasteiger partial charge in [0.05, 0.1) is 6.42 Å². The number of hydrogen-bond donors (Lipinski definition) is 2. The first kappa shape index (κ1) is 11.7. The highest BCUT2D eigenvalue weighted by molar-refractivity contribution is 9.10. The summed E-state index contributed by atoms with van der Waals surface area (Å²) >= 11 is 5.00. The average molecular weight is 278 g/mol. The van der Waals surface area contributed by atoms with Crippen molar-refractivity contribution in [2.45, 2.75) is 19.3 Å². The molecule has 1 aromatic rings. The van der Waals surface area contributed by atoms with Crippen LogP contribution in [0.25, 0.3) is 0 Å². The molecule has 0 bridgehead atoms. The third-order valence-electron chi connectivity index (χ3n) is 1.98. The summed E-state index contributed by atoms with van der Waals surface area (Å²) in [5.74, 6) is -0.870. The van der Waals surface area contributed by atoms with Crippen molar-refractivity contribution in [3.63, 3.8) is 0 Å². The van der Waals surface area contributed by atoms with Gasteiger partial charge in [0.1, 0.15) is 0 Å². The first-order chi connectivity index (χ1) is 6.54. The Kier molecular flexibility index (Phi) is 4.10. The molecule has 1 heterocycles. The van der Waals surface area contributed by atoms with Gasteiger partial charge < -0.3 is 10.8 Å². The molecule has 14 heavy (non-hydrogen) atoms. The molecule has 0 aromatic carbocycles. The van der Waals surface area contributed by atoms with Crippen molar-refractivity contribution in [3.05, 3.63) is 20.3 Å². The van der Waals surface area contributed by atoms with E-state index in [1.807, 2.05) is 13.0 Å². The fourth-order valence-corrected chi connectivity index (χ4v) is 2.87. The molecule has 0 aliphatic heterocycles. The van der Waals surface area contributed by atoms with E-state index in [0.717, 1.165) is 14.2 Å². The Morgan fingerprint density at radius 1 is 1.79 bits per heavy atom. The maximum absolute atomic E-state index is 10.6. The molecule has 0 aliphatic carbocycles. The first-order valence-electron chi connectivity index (χ1n) is 4.22. The summed E-state index contributed by atoms with van der Waals surface area (Å²) in [7, 11) is 0. The molecule has 5 heteroatoms. The van der Waals surface area contributed by atoms with Gasteiger partial charge in [0.2, 0.25) is 0 Å². The smallest absolute Gasteiger partial charge is 0.304 e. The van der Waals surface area contributed by atoms with Gasteiger partial charge in [0.15, 0.2) is 0 Å². The van der Waals surface area contributed by atoms with E-state index in [1.165, 1.54) is 0 Å². The summed E-state index contributed by atoms with van der Waals surface area (Å²) in [4.78, 5) is 12.8. The van der Waals surface area contributed by atoms with Gasteiger partial charge in [0.25, 0.3) is 0 Å². The van der Waals surface area contributed by atoms with Crippen molar-refractivity contribution < 1.29 is 9.90 Å². The van der Waals surface area contributed by atoms with Crippen LogP contribution in [-0.2, 0) is 4.79 Å². The zero-order valence-electron chi connectivity index (χ0n) is 7.79. The largest absolute Gasteiger partial charge is 0.481 e. The predicted molar refractivity (Wildman–Crippen MR) is 60.8 cm³/mol. The molecular formula is C9H12BrNO2S. The van der Waals surface area contributed by atoms with E-state index in [1.54, 1.807) is 11.3 Å². The van der Waals surface area contributed by atoms with Crippen LogP contribution < -0.4 is 5.73 Å². The average Bonchev–Trinajstić information content (AvgIpc) is 2.42. The van der Waals surface area contributed by atoms with Crippen LogP contribution in [0, 0.1) is 6.92 Å². The highest BCUT2D eigenvalue weighted by Gasteiger charge is 2.16. The number of carboxylic acid groups (broad SMARTS) is 1. The Hall–Kier alpha value is -0.390. The van der Waals surface area contributed by atoms with Crippen LogP contribution in [0.4, 0.5) is 0 Å². The third kappa shape index (κ3) is 2.80. The summed E-state index contributed by atoms with van der Waals surface area (Å²) in [5.41, 5.74) is 5.54. The minimum absolute atomic E-state index is 0.0671. The predicted octanol–water partition coefficient (Wildman–Crippen LogP) is 2.34. The quantitative estimate of drug-likeness (QED) is 0.888. The van der Waals surface area contributed by atoms with Crippen molar-refractivity contribution >= 4 is 33.2 Å². The van der Waals surface area contributed by atoms with Gasteiger partial charge in [0, 0.05) is 26.7 Å². The lowest BCUT2D eigenvalue weighted by Crippen LogP contribution is -2.15. The van der Waals surface area contributed by atoms with Crippen LogP contribution in [0.2, 0.25) is 0 Å². The van der Waals surface area contributed by atoms with E-state index >= 15 is 0 Å². The lowest BCUT2D eigenvalue weighted by molar-refractivity contribution is -0.137. The minimum Gasteiger partial charge on any atom is -0.481 e. The van der Waals surface area contributed by atoms with Crippen LogP contribution in [0.3, 0.4) is 0 Å². The van der Waals surface area contributed by atoms with Crippen molar-refractivity contribution in [1.29, 1.82) is 0 Å². The Labute approximate surface area is 95.1 Å². The van der Waals surface area contributed by atoms with Gasteiger partial charge in [-0.15, -0.1) is 11.3 Å². The maximum atomic E-state index is 10.6. The zero-order valence-corrected chi connectivity index (χ0v) is 10.2. The molecule has 1 aromatic heterocycles. The number of aryl methyl sites for hydroxylation is 1. The van der Waals surface area contributed by atoms with Crippen molar-refractivity contribution in [1.82, 2.24) is 0 Å². The fourth-order valence-electron chi connectivity index (χ4n) is 1.19. The third-order valence-corrected chi connectivity index (χ3v) is 4.28. The van der Waals surface area contributed by atoms with Gasteiger partial charge >= 0.3 is 5.97 Å². The molecule has 78 valence electrons. The molecule has 1 atom stereocenters. The molecule has 0 amide bonds. The molecular weight excluding hydrogens is 266 g/mol. The second kappa shape index (κ2) is 4.91. The second-order valence-corrected chi connectivity index (χ2v) is 5.23. The minimum atomic E-state index is -0.803. The number of aliphatic carboxylic acids is 1. The van der Waals surface area contributed by atoms with Crippen LogP contribution in [0.15, 0.2) is 10.5 Å². The van der Waals surface area contributed by atoms with Crippen LogP contribution >= 0.6 is 27.3 Å². The molecule has 0 aliphatic rings. The van der Waals surface area contributed by atoms with Crippen molar-refractivity contribution in [2.24, 2.45) is 5.73 Å². The number of nitrogens with two attached hydrogens (primary N) is 1. The topological polar surface area (TPSA) is 63.3 Å². The number of thiophene rings is 1. The molecule has 3 nitrogen and oxygen atoms in total. The van der Waals surface area contributed by atoms with E-state index in [2.05, 4.69) is 15.9 Å². The standard InChI is InChI=1S/C9H12BrNO2S/c1-5-7(10)3-8(14-5)6(4-11)2-9(12)13/h3,6H,2,4,11H2,1H3,(H,12,13). The normalized spacial score (nSPS) is 12.8. The Bertz CT molecular complexity index is 318. The number of carboxylic acids is 1. The molecule has 1 rings (SSSR count). The summed E-state index contributed by atoms with van der Waals surface area (Å²) in [5, 5.41) is 8.69. The van der Waals surface area contributed by atoms with Crippen LogP contribution in [0.5, 0.6) is 0 Å². The van der Waals surface area contributed by atoms with E-state index in [9.17, 15) is 4.79 Å². The fraction of sp³-hybridized carbons (Fsp3) is 0.444. The van der Waals surface area contributed by atoms with Gasteiger partial charge in [-0.05, 0) is 28.9 Å². The Morgan fingerprint density at radius 2 is 2.43 bits per heavy atom. The lowest BCUT2D eigenvalue weighted by Gasteiger charge is -2.08. The van der Waals surface area contributed by atoms with E-state index < -0.39 is 5.97 Å². The molecule has 0 fully saturated rings. The van der Waals surface area contributed by atoms with E-state index in [-0.39, 0.29) is 12.3 Å². The second-order valence-electron chi connectivity index (χ2n) is 3.08. The zero-order chi connectivity index (χ0) is 10.7. The number of halogens is 1.